The number of carboxylic acid groups (broad SMARTS) is 1. The molecule has 0 aliphatic carbocycles. The maximum absolute atomic E-state index is 11.1. The molecule has 0 radical (unpaired) electrons. The number of H-pyrrole nitrogens is 1. The molecule has 0 amide bonds. The van der Waals surface area contributed by atoms with Gasteiger partial charge in [-0.1, -0.05) is 29.8 Å². The van der Waals surface area contributed by atoms with E-state index in [4.69, 9.17) is 5.11 Å². The summed E-state index contributed by atoms with van der Waals surface area (Å²) in [6.45, 7) is 3.69. The summed E-state index contributed by atoms with van der Waals surface area (Å²) >= 11 is 0. The van der Waals surface area contributed by atoms with Gasteiger partial charge in [-0.05, 0) is 13.8 Å². The first kappa shape index (κ1) is 10.4. The predicted molar refractivity (Wildman–Crippen MR) is 60.5 cm³/mol. The highest BCUT2D eigenvalue weighted by Crippen LogP contribution is 2.23. The lowest BCUT2D eigenvalue weighted by Gasteiger charge is -2.00. The SMILES string of the molecule is Cc1ccc(-c2n[nH]c(C)c2C(=O)O)cc1. The highest BCUT2D eigenvalue weighted by atomic mass is 16.4. The number of hydrogen-bond acceptors (Lipinski definition) is 2. The number of rotatable bonds is 2. The number of aryl methyl sites for hydroxylation is 2. The molecule has 82 valence electrons. The summed E-state index contributed by atoms with van der Waals surface area (Å²) in [6.07, 6.45) is 0. The molecule has 1 aromatic carbocycles. The highest BCUT2D eigenvalue weighted by molar-refractivity contribution is 5.96. The van der Waals surface area contributed by atoms with Gasteiger partial charge in [-0.25, -0.2) is 4.79 Å². The molecule has 0 fully saturated rings. The van der Waals surface area contributed by atoms with Crippen LogP contribution < -0.4 is 0 Å². The molecule has 0 aliphatic rings. The topological polar surface area (TPSA) is 66.0 Å². The Hall–Kier alpha value is -2.10. The van der Waals surface area contributed by atoms with Crippen LogP contribution >= 0.6 is 0 Å². The lowest BCUT2D eigenvalue weighted by atomic mass is 10.1. The minimum absolute atomic E-state index is 0.240. The minimum Gasteiger partial charge on any atom is -0.478 e. The van der Waals surface area contributed by atoms with Gasteiger partial charge in [0.2, 0.25) is 0 Å². The maximum atomic E-state index is 11.1. The van der Waals surface area contributed by atoms with E-state index in [-0.39, 0.29) is 5.56 Å². The van der Waals surface area contributed by atoms with Gasteiger partial charge in [-0.3, -0.25) is 5.10 Å². The fraction of sp³-hybridized carbons (Fsp3) is 0.167. The lowest BCUT2D eigenvalue weighted by molar-refractivity contribution is 0.0697. The van der Waals surface area contributed by atoms with Crippen LogP contribution in [0.3, 0.4) is 0 Å². The van der Waals surface area contributed by atoms with Crippen LogP contribution in [0.15, 0.2) is 24.3 Å². The van der Waals surface area contributed by atoms with Crippen molar-refractivity contribution in [3.63, 3.8) is 0 Å². The standard InChI is InChI=1S/C12H12N2O2/c1-7-3-5-9(6-4-7)11-10(12(15)16)8(2)13-14-11/h3-6H,1-2H3,(H,13,14)(H,15,16). The summed E-state index contributed by atoms with van der Waals surface area (Å²) in [6, 6.07) is 7.62. The minimum atomic E-state index is -0.957. The Labute approximate surface area is 92.9 Å². The van der Waals surface area contributed by atoms with Crippen molar-refractivity contribution in [3.8, 4) is 11.3 Å². The molecule has 0 bridgehead atoms. The number of benzene rings is 1. The van der Waals surface area contributed by atoms with Crippen LogP contribution in [0.2, 0.25) is 0 Å². The van der Waals surface area contributed by atoms with Gasteiger partial charge in [-0.2, -0.15) is 5.10 Å². The van der Waals surface area contributed by atoms with Gasteiger partial charge in [0.25, 0.3) is 0 Å². The number of aromatic carboxylic acids is 1. The summed E-state index contributed by atoms with van der Waals surface area (Å²) < 4.78 is 0. The summed E-state index contributed by atoms with van der Waals surface area (Å²) in [7, 11) is 0. The molecule has 1 aromatic heterocycles. The monoisotopic (exact) mass is 216 g/mol. The molecule has 2 rings (SSSR count). The molecular weight excluding hydrogens is 204 g/mol. The van der Waals surface area contributed by atoms with E-state index in [0.717, 1.165) is 11.1 Å². The normalized spacial score (nSPS) is 10.4. The van der Waals surface area contributed by atoms with Crippen LogP contribution in [0.1, 0.15) is 21.6 Å². The summed E-state index contributed by atoms with van der Waals surface area (Å²) in [5.74, 6) is -0.957. The zero-order valence-corrected chi connectivity index (χ0v) is 9.11. The Morgan fingerprint density at radius 2 is 1.88 bits per heavy atom. The lowest BCUT2D eigenvalue weighted by Crippen LogP contribution is -1.99. The molecule has 2 aromatic rings. The second-order valence-electron chi connectivity index (χ2n) is 3.74. The fourth-order valence-electron chi connectivity index (χ4n) is 1.61. The fourth-order valence-corrected chi connectivity index (χ4v) is 1.61. The maximum Gasteiger partial charge on any atom is 0.339 e. The van der Waals surface area contributed by atoms with E-state index in [1.54, 1.807) is 6.92 Å². The Bertz CT molecular complexity index is 526. The Morgan fingerprint density at radius 3 is 2.44 bits per heavy atom. The number of aromatic nitrogens is 2. The highest BCUT2D eigenvalue weighted by Gasteiger charge is 2.17. The van der Waals surface area contributed by atoms with E-state index < -0.39 is 5.97 Å². The number of aromatic amines is 1. The summed E-state index contributed by atoms with van der Waals surface area (Å²) in [5, 5.41) is 15.8. The van der Waals surface area contributed by atoms with Crippen LogP contribution in [0.4, 0.5) is 0 Å². The third-order valence-electron chi connectivity index (χ3n) is 2.49. The first-order valence-electron chi connectivity index (χ1n) is 4.95. The summed E-state index contributed by atoms with van der Waals surface area (Å²) in [4.78, 5) is 11.1. The first-order chi connectivity index (χ1) is 7.59. The van der Waals surface area contributed by atoms with Crippen LogP contribution in [0.5, 0.6) is 0 Å². The van der Waals surface area contributed by atoms with Crippen molar-refractivity contribution in [1.82, 2.24) is 10.2 Å². The Kier molecular flexibility index (Phi) is 2.48. The van der Waals surface area contributed by atoms with Gasteiger partial charge in [-0.15, -0.1) is 0 Å². The van der Waals surface area contributed by atoms with Crippen molar-refractivity contribution >= 4 is 5.97 Å². The zero-order valence-electron chi connectivity index (χ0n) is 9.11. The van der Waals surface area contributed by atoms with Gasteiger partial charge in [0.15, 0.2) is 0 Å². The smallest absolute Gasteiger partial charge is 0.339 e. The van der Waals surface area contributed by atoms with Gasteiger partial charge < -0.3 is 5.11 Å². The second kappa shape index (κ2) is 3.81. The number of nitrogens with zero attached hydrogens (tertiary/aromatic N) is 1. The van der Waals surface area contributed by atoms with E-state index in [9.17, 15) is 4.79 Å². The van der Waals surface area contributed by atoms with Crippen LogP contribution in [0, 0.1) is 13.8 Å². The Balaban J connectivity index is 2.56. The molecule has 0 atom stereocenters. The largest absolute Gasteiger partial charge is 0.478 e. The summed E-state index contributed by atoms with van der Waals surface area (Å²) in [5.41, 5.74) is 3.25. The van der Waals surface area contributed by atoms with Gasteiger partial charge in [0.1, 0.15) is 11.3 Å². The van der Waals surface area contributed by atoms with E-state index in [0.29, 0.717) is 11.4 Å². The van der Waals surface area contributed by atoms with Crippen molar-refractivity contribution in [2.45, 2.75) is 13.8 Å². The number of hydrogen-bond donors (Lipinski definition) is 2. The van der Waals surface area contributed by atoms with Crippen LogP contribution in [-0.4, -0.2) is 21.3 Å². The predicted octanol–water partition coefficient (Wildman–Crippen LogP) is 2.39. The number of nitrogens with one attached hydrogen (secondary N) is 1. The molecule has 0 unspecified atom stereocenters. The Morgan fingerprint density at radius 1 is 1.25 bits per heavy atom. The van der Waals surface area contributed by atoms with Gasteiger partial charge in [0.05, 0.1) is 0 Å². The van der Waals surface area contributed by atoms with Gasteiger partial charge in [0, 0.05) is 11.3 Å². The molecule has 2 N–H and O–H groups in total. The quantitative estimate of drug-likeness (QED) is 0.810. The number of carbonyl (C=O) groups is 1. The van der Waals surface area contributed by atoms with Crippen LogP contribution in [0.25, 0.3) is 11.3 Å². The van der Waals surface area contributed by atoms with E-state index in [2.05, 4.69) is 10.2 Å². The van der Waals surface area contributed by atoms with E-state index in [1.807, 2.05) is 31.2 Å². The third-order valence-corrected chi connectivity index (χ3v) is 2.49. The van der Waals surface area contributed by atoms with Crippen molar-refractivity contribution < 1.29 is 9.90 Å². The molecule has 4 heteroatoms. The molecule has 0 saturated carbocycles. The van der Waals surface area contributed by atoms with E-state index in [1.165, 1.54) is 0 Å². The average molecular weight is 216 g/mol. The average Bonchev–Trinajstić information content (AvgIpc) is 2.61. The molecule has 1 heterocycles. The van der Waals surface area contributed by atoms with E-state index >= 15 is 0 Å². The molecule has 4 nitrogen and oxygen atoms in total. The van der Waals surface area contributed by atoms with Crippen molar-refractivity contribution in [2.75, 3.05) is 0 Å². The molecule has 0 aliphatic heterocycles. The molecule has 16 heavy (non-hydrogen) atoms. The van der Waals surface area contributed by atoms with Crippen molar-refractivity contribution in [1.29, 1.82) is 0 Å². The van der Waals surface area contributed by atoms with Crippen molar-refractivity contribution in [2.24, 2.45) is 0 Å². The molecule has 0 saturated heterocycles. The third kappa shape index (κ3) is 1.69. The van der Waals surface area contributed by atoms with Crippen LogP contribution in [-0.2, 0) is 0 Å². The molecule has 0 spiro atoms. The number of carboxylic acids is 1. The first-order valence-corrected chi connectivity index (χ1v) is 4.95. The van der Waals surface area contributed by atoms with Crippen molar-refractivity contribution in [3.05, 3.63) is 41.1 Å². The zero-order chi connectivity index (χ0) is 11.7. The van der Waals surface area contributed by atoms with Gasteiger partial charge >= 0.3 is 5.97 Å². The second-order valence-corrected chi connectivity index (χ2v) is 3.74. The molecular formula is C12H12N2O2.